The van der Waals surface area contributed by atoms with E-state index in [0.717, 1.165) is 24.2 Å². The first kappa shape index (κ1) is 8.20. The van der Waals surface area contributed by atoms with E-state index in [4.69, 9.17) is 5.11 Å². The zero-order valence-corrected chi connectivity index (χ0v) is 6.67. The molecule has 0 saturated heterocycles. The summed E-state index contributed by atoms with van der Waals surface area (Å²) in [5.41, 5.74) is 1.89. The minimum atomic E-state index is 0.142. The van der Waals surface area contributed by atoms with Crippen LogP contribution in [0.1, 0.15) is 24.7 Å². The fourth-order valence-electron chi connectivity index (χ4n) is 1.02. The van der Waals surface area contributed by atoms with Gasteiger partial charge in [0.05, 0.1) is 11.4 Å². The van der Waals surface area contributed by atoms with E-state index in [9.17, 15) is 0 Å². The molecule has 2 N–H and O–H groups in total. The molecule has 4 heteroatoms. The first-order chi connectivity index (χ1) is 5.38. The van der Waals surface area contributed by atoms with Crippen LogP contribution in [0, 0.1) is 0 Å². The second-order valence-electron chi connectivity index (χ2n) is 2.44. The number of nitrogens with zero attached hydrogens (tertiary/aromatic N) is 2. The summed E-state index contributed by atoms with van der Waals surface area (Å²) in [5.74, 6) is 0. The number of nitrogens with one attached hydrogen (secondary N) is 1. The largest absolute Gasteiger partial charge is 0.396 e. The lowest BCUT2D eigenvalue weighted by atomic mass is 10.2. The number of aliphatic hydroxyl groups excluding tert-OH is 1. The van der Waals surface area contributed by atoms with Gasteiger partial charge in [-0.2, -0.15) is 15.4 Å². The molecule has 0 aliphatic carbocycles. The van der Waals surface area contributed by atoms with Crippen molar-refractivity contribution in [2.24, 2.45) is 0 Å². The molecule has 0 amide bonds. The summed E-state index contributed by atoms with van der Waals surface area (Å²) in [5, 5.41) is 19.1. The van der Waals surface area contributed by atoms with Crippen molar-refractivity contribution in [3.8, 4) is 0 Å². The number of aryl methyl sites for hydroxylation is 1. The maximum Gasteiger partial charge on any atom is 0.0879 e. The highest BCUT2D eigenvalue weighted by molar-refractivity contribution is 5.08. The standard InChI is InChI=1S/C7H13N3O/c1-2-3-6-7(4-5-11)9-10-8-6/h11H,2-5H2,1H3,(H,8,9,10). The van der Waals surface area contributed by atoms with E-state index in [-0.39, 0.29) is 6.61 Å². The van der Waals surface area contributed by atoms with Crippen LogP contribution in [0.4, 0.5) is 0 Å². The Labute approximate surface area is 65.6 Å². The fraction of sp³-hybridized carbons (Fsp3) is 0.714. The summed E-state index contributed by atoms with van der Waals surface area (Å²) in [6, 6.07) is 0. The minimum Gasteiger partial charge on any atom is -0.396 e. The second kappa shape index (κ2) is 4.08. The zero-order valence-electron chi connectivity index (χ0n) is 6.67. The lowest BCUT2D eigenvalue weighted by molar-refractivity contribution is 0.298. The fourth-order valence-corrected chi connectivity index (χ4v) is 1.02. The van der Waals surface area contributed by atoms with E-state index in [1.165, 1.54) is 0 Å². The number of aromatic amines is 1. The maximum absolute atomic E-state index is 8.65. The Kier molecular flexibility index (Phi) is 3.04. The molecule has 11 heavy (non-hydrogen) atoms. The SMILES string of the molecule is CCCc1n[nH]nc1CCO. The van der Waals surface area contributed by atoms with Crippen molar-refractivity contribution in [1.29, 1.82) is 0 Å². The Hall–Kier alpha value is -0.900. The third kappa shape index (κ3) is 2.01. The molecule has 0 radical (unpaired) electrons. The molecule has 0 atom stereocenters. The molecule has 0 unspecified atom stereocenters. The third-order valence-electron chi connectivity index (χ3n) is 1.54. The van der Waals surface area contributed by atoms with Gasteiger partial charge in [-0.15, -0.1) is 0 Å². The Balaban J connectivity index is 2.62. The lowest BCUT2D eigenvalue weighted by Gasteiger charge is -1.94. The van der Waals surface area contributed by atoms with E-state index >= 15 is 0 Å². The highest BCUT2D eigenvalue weighted by Crippen LogP contribution is 2.03. The molecule has 0 bridgehead atoms. The second-order valence-corrected chi connectivity index (χ2v) is 2.44. The molecule has 0 aliphatic heterocycles. The number of H-pyrrole nitrogens is 1. The lowest BCUT2D eigenvalue weighted by Crippen LogP contribution is -1.96. The smallest absolute Gasteiger partial charge is 0.0879 e. The van der Waals surface area contributed by atoms with Crippen LogP contribution < -0.4 is 0 Å². The molecule has 1 heterocycles. The topological polar surface area (TPSA) is 61.8 Å². The summed E-state index contributed by atoms with van der Waals surface area (Å²) < 4.78 is 0. The van der Waals surface area contributed by atoms with Gasteiger partial charge in [-0.05, 0) is 6.42 Å². The average molecular weight is 155 g/mol. The van der Waals surface area contributed by atoms with Crippen LogP contribution in [0.2, 0.25) is 0 Å². The highest BCUT2D eigenvalue weighted by Gasteiger charge is 2.04. The summed E-state index contributed by atoms with van der Waals surface area (Å²) in [6.07, 6.45) is 2.60. The van der Waals surface area contributed by atoms with Crippen molar-refractivity contribution in [3.63, 3.8) is 0 Å². The van der Waals surface area contributed by atoms with Crippen molar-refractivity contribution in [1.82, 2.24) is 15.4 Å². The number of hydrogen-bond acceptors (Lipinski definition) is 3. The average Bonchev–Trinajstić information content (AvgIpc) is 2.39. The van der Waals surface area contributed by atoms with Gasteiger partial charge in [-0.25, -0.2) is 0 Å². The van der Waals surface area contributed by atoms with Gasteiger partial charge >= 0.3 is 0 Å². The van der Waals surface area contributed by atoms with Crippen molar-refractivity contribution >= 4 is 0 Å². The molecule has 0 spiro atoms. The van der Waals surface area contributed by atoms with Gasteiger partial charge in [-0.1, -0.05) is 13.3 Å². The van der Waals surface area contributed by atoms with Gasteiger partial charge in [0, 0.05) is 13.0 Å². The Morgan fingerprint density at radius 1 is 1.27 bits per heavy atom. The molecule has 62 valence electrons. The van der Waals surface area contributed by atoms with Crippen molar-refractivity contribution < 1.29 is 5.11 Å². The predicted molar refractivity (Wildman–Crippen MR) is 41.2 cm³/mol. The molecule has 1 aromatic rings. The molecule has 1 aromatic heterocycles. The minimum absolute atomic E-state index is 0.142. The van der Waals surface area contributed by atoms with Gasteiger partial charge in [0.1, 0.15) is 0 Å². The first-order valence-corrected chi connectivity index (χ1v) is 3.87. The Morgan fingerprint density at radius 2 is 1.91 bits per heavy atom. The molecular formula is C7H13N3O. The van der Waals surface area contributed by atoms with Crippen LogP contribution in [-0.4, -0.2) is 27.1 Å². The van der Waals surface area contributed by atoms with Crippen molar-refractivity contribution in [2.75, 3.05) is 6.61 Å². The summed E-state index contributed by atoms with van der Waals surface area (Å²) in [4.78, 5) is 0. The van der Waals surface area contributed by atoms with E-state index in [0.29, 0.717) is 6.42 Å². The third-order valence-corrected chi connectivity index (χ3v) is 1.54. The van der Waals surface area contributed by atoms with Gasteiger partial charge in [0.15, 0.2) is 0 Å². The molecular weight excluding hydrogens is 142 g/mol. The van der Waals surface area contributed by atoms with Crippen LogP contribution in [0.5, 0.6) is 0 Å². The molecule has 0 aliphatic rings. The predicted octanol–water partition coefficient (Wildman–Crippen LogP) is 0.292. The van der Waals surface area contributed by atoms with E-state index < -0.39 is 0 Å². The van der Waals surface area contributed by atoms with Crippen LogP contribution >= 0.6 is 0 Å². The first-order valence-electron chi connectivity index (χ1n) is 3.87. The van der Waals surface area contributed by atoms with E-state index in [1.54, 1.807) is 0 Å². The highest BCUT2D eigenvalue weighted by atomic mass is 16.3. The Bertz CT molecular complexity index is 189. The molecule has 1 rings (SSSR count). The van der Waals surface area contributed by atoms with Gasteiger partial charge in [0.2, 0.25) is 0 Å². The monoisotopic (exact) mass is 155 g/mol. The maximum atomic E-state index is 8.65. The summed E-state index contributed by atoms with van der Waals surface area (Å²) >= 11 is 0. The van der Waals surface area contributed by atoms with Gasteiger partial charge in [-0.3, -0.25) is 0 Å². The Morgan fingerprint density at radius 3 is 2.45 bits per heavy atom. The van der Waals surface area contributed by atoms with Crippen LogP contribution in [0.25, 0.3) is 0 Å². The number of aliphatic hydroxyl groups is 1. The zero-order chi connectivity index (χ0) is 8.10. The molecule has 0 saturated carbocycles. The molecule has 0 fully saturated rings. The summed E-state index contributed by atoms with van der Waals surface area (Å²) in [7, 11) is 0. The summed E-state index contributed by atoms with van der Waals surface area (Å²) in [6.45, 7) is 2.24. The van der Waals surface area contributed by atoms with Gasteiger partial charge < -0.3 is 5.11 Å². The van der Waals surface area contributed by atoms with Crippen LogP contribution in [-0.2, 0) is 12.8 Å². The molecule has 4 nitrogen and oxygen atoms in total. The van der Waals surface area contributed by atoms with Gasteiger partial charge in [0.25, 0.3) is 0 Å². The number of hydrogen-bond donors (Lipinski definition) is 2. The number of rotatable bonds is 4. The van der Waals surface area contributed by atoms with E-state index in [2.05, 4.69) is 22.3 Å². The van der Waals surface area contributed by atoms with Crippen molar-refractivity contribution in [3.05, 3.63) is 11.4 Å². The normalized spacial score (nSPS) is 10.4. The van der Waals surface area contributed by atoms with Crippen LogP contribution in [0.3, 0.4) is 0 Å². The van der Waals surface area contributed by atoms with E-state index in [1.807, 2.05) is 0 Å². The quantitative estimate of drug-likeness (QED) is 0.657. The van der Waals surface area contributed by atoms with Crippen molar-refractivity contribution in [2.45, 2.75) is 26.2 Å². The van der Waals surface area contributed by atoms with Crippen LogP contribution in [0.15, 0.2) is 0 Å². The number of aromatic nitrogens is 3. The molecule has 0 aromatic carbocycles.